The maximum absolute atomic E-state index is 12.5. The first-order valence-corrected chi connectivity index (χ1v) is 8.61. The van der Waals surface area contributed by atoms with E-state index in [-0.39, 0.29) is 42.6 Å². The summed E-state index contributed by atoms with van der Waals surface area (Å²) in [4.78, 5) is 26.5. The summed E-state index contributed by atoms with van der Waals surface area (Å²) in [5.41, 5.74) is 0.615. The average molecular weight is 388 g/mol. The van der Waals surface area contributed by atoms with E-state index in [9.17, 15) is 9.59 Å². The molecule has 2 aliphatic heterocycles. The molecule has 2 atom stereocenters. The Hall–Kier alpha value is -1.50. The quantitative estimate of drug-likeness (QED) is 0.828. The van der Waals surface area contributed by atoms with Crippen LogP contribution in [0.25, 0.3) is 0 Å². The molecule has 0 bridgehead atoms. The smallest absolute Gasteiger partial charge is 0.227 e. The molecule has 1 aromatic carbocycles. The van der Waals surface area contributed by atoms with Crippen LogP contribution in [0, 0.1) is 5.92 Å². The minimum absolute atomic E-state index is 0. The van der Waals surface area contributed by atoms with Crippen LogP contribution in [0.3, 0.4) is 0 Å². The number of ether oxygens (including phenoxy) is 1. The van der Waals surface area contributed by atoms with E-state index in [4.69, 9.17) is 16.3 Å². The van der Waals surface area contributed by atoms with E-state index in [1.807, 2.05) is 0 Å². The first-order chi connectivity index (χ1) is 11.6. The third-order valence-electron chi connectivity index (χ3n) is 4.57. The molecule has 2 fully saturated rings. The van der Waals surface area contributed by atoms with Gasteiger partial charge in [-0.3, -0.25) is 9.59 Å². The lowest BCUT2D eigenvalue weighted by Crippen LogP contribution is -2.47. The van der Waals surface area contributed by atoms with Crippen LogP contribution in [0.2, 0.25) is 5.02 Å². The molecule has 8 heteroatoms. The van der Waals surface area contributed by atoms with Crippen molar-refractivity contribution in [2.45, 2.75) is 25.3 Å². The minimum Gasteiger partial charge on any atom is -0.495 e. The number of carbonyl (C=O) groups excluding carboxylic acids is 2. The number of piperidine rings is 1. The third kappa shape index (κ3) is 4.57. The van der Waals surface area contributed by atoms with Crippen molar-refractivity contribution in [3.63, 3.8) is 0 Å². The van der Waals surface area contributed by atoms with Gasteiger partial charge in [-0.05, 0) is 37.6 Å². The van der Waals surface area contributed by atoms with Crippen LogP contribution in [-0.2, 0) is 9.59 Å². The Labute approximate surface area is 158 Å². The van der Waals surface area contributed by atoms with Crippen molar-refractivity contribution in [2.24, 2.45) is 5.92 Å². The molecule has 0 saturated carbocycles. The average Bonchev–Trinajstić information content (AvgIpc) is 2.97. The molecule has 1 unspecified atom stereocenters. The molecule has 0 aromatic heterocycles. The Balaban J connectivity index is 0.00000225. The summed E-state index contributed by atoms with van der Waals surface area (Å²) in [6.07, 6.45) is 2.24. The summed E-state index contributed by atoms with van der Waals surface area (Å²) in [5.74, 6) is 0.0893. The first kappa shape index (κ1) is 19.8. The Morgan fingerprint density at radius 3 is 2.92 bits per heavy atom. The van der Waals surface area contributed by atoms with E-state index in [0.29, 0.717) is 23.0 Å². The number of halogens is 2. The largest absolute Gasteiger partial charge is 0.495 e. The van der Waals surface area contributed by atoms with Crippen molar-refractivity contribution < 1.29 is 14.3 Å². The van der Waals surface area contributed by atoms with E-state index in [1.165, 1.54) is 0 Å². The molecule has 0 aliphatic carbocycles. The van der Waals surface area contributed by atoms with E-state index < -0.39 is 0 Å². The topological polar surface area (TPSA) is 70.7 Å². The van der Waals surface area contributed by atoms with Crippen molar-refractivity contribution in [3.8, 4) is 5.75 Å². The van der Waals surface area contributed by atoms with Crippen LogP contribution < -0.4 is 20.3 Å². The molecule has 2 amide bonds. The number of carbonyl (C=O) groups is 2. The Kier molecular flexibility index (Phi) is 6.93. The highest BCUT2D eigenvalue weighted by atomic mass is 35.5. The predicted molar refractivity (Wildman–Crippen MR) is 99.7 cm³/mol. The lowest BCUT2D eigenvalue weighted by molar-refractivity contribution is -0.127. The van der Waals surface area contributed by atoms with Crippen molar-refractivity contribution in [1.82, 2.24) is 10.6 Å². The summed E-state index contributed by atoms with van der Waals surface area (Å²) in [7, 11) is 1.55. The zero-order valence-electron chi connectivity index (χ0n) is 14.1. The fourth-order valence-corrected chi connectivity index (χ4v) is 3.45. The lowest BCUT2D eigenvalue weighted by atomic mass is 10.0. The molecule has 2 aliphatic rings. The zero-order chi connectivity index (χ0) is 17.1. The van der Waals surface area contributed by atoms with Gasteiger partial charge >= 0.3 is 0 Å². The molecule has 25 heavy (non-hydrogen) atoms. The molecule has 2 N–H and O–H groups in total. The van der Waals surface area contributed by atoms with Crippen molar-refractivity contribution in [1.29, 1.82) is 0 Å². The van der Waals surface area contributed by atoms with Gasteiger partial charge in [-0.2, -0.15) is 0 Å². The van der Waals surface area contributed by atoms with E-state index in [2.05, 4.69) is 10.6 Å². The van der Waals surface area contributed by atoms with Crippen LogP contribution in [0.5, 0.6) is 5.75 Å². The van der Waals surface area contributed by atoms with Crippen molar-refractivity contribution >= 4 is 41.5 Å². The zero-order valence-corrected chi connectivity index (χ0v) is 15.7. The Bertz CT molecular complexity index is 636. The highest BCUT2D eigenvalue weighted by Gasteiger charge is 2.37. The molecule has 6 nitrogen and oxygen atoms in total. The van der Waals surface area contributed by atoms with Gasteiger partial charge < -0.3 is 20.3 Å². The van der Waals surface area contributed by atoms with Gasteiger partial charge in [0.15, 0.2) is 0 Å². The summed E-state index contributed by atoms with van der Waals surface area (Å²) in [6.45, 7) is 2.14. The third-order valence-corrected chi connectivity index (χ3v) is 4.81. The lowest BCUT2D eigenvalue weighted by Gasteiger charge is -2.25. The highest BCUT2D eigenvalue weighted by Crippen LogP contribution is 2.35. The van der Waals surface area contributed by atoms with Crippen LogP contribution in [-0.4, -0.2) is 44.6 Å². The fraction of sp³-hybridized carbons (Fsp3) is 0.529. The van der Waals surface area contributed by atoms with Gasteiger partial charge in [0, 0.05) is 30.6 Å². The Morgan fingerprint density at radius 2 is 2.24 bits per heavy atom. The number of anilines is 1. The van der Waals surface area contributed by atoms with Gasteiger partial charge in [0.2, 0.25) is 11.8 Å². The van der Waals surface area contributed by atoms with E-state index >= 15 is 0 Å². The van der Waals surface area contributed by atoms with E-state index in [1.54, 1.807) is 30.2 Å². The molecular weight excluding hydrogens is 365 g/mol. The maximum atomic E-state index is 12.5. The number of amides is 2. The van der Waals surface area contributed by atoms with Gasteiger partial charge in [0.05, 0.1) is 18.7 Å². The van der Waals surface area contributed by atoms with Gasteiger partial charge in [-0.1, -0.05) is 11.6 Å². The molecule has 0 radical (unpaired) electrons. The molecule has 2 saturated heterocycles. The first-order valence-electron chi connectivity index (χ1n) is 8.23. The second-order valence-corrected chi connectivity index (χ2v) is 6.71. The summed E-state index contributed by atoms with van der Waals surface area (Å²) in [5, 5.41) is 6.86. The monoisotopic (exact) mass is 387 g/mol. The number of hydrogen-bond donors (Lipinski definition) is 2. The standard InChI is InChI=1S/C17H22ClN3O3.ClH/c1-24-15-5-4-12(18)8-14(15)21-10-11(7-16(21)22)17(23)20-13-3-2-6-19-9-13;/h4-5,8,11,13,19H,2-3,6-7,9-10H2,1H3,(H,20,23);1H/t11?,13-;/m0./s1. The van der Waals surface area contributed by atoms with Gasteiger partial charge in [0.1, 0.15) is 5.75 Å². The second kappa shape index (κ2) is 8.74. The summed E-state index contributed by atoms with van der Waals surface area (Å²) in [6, 6.07) is 5.29. The SMILES string of the molecule is COc1ccc(Cl)cc1N1CC(C(=O)N[C@H]2CCCNC2)CC1=O.Cl. The van der Waals surface area contributed by atoms with Crippen LogP contribution >= 0.6 is 24.0 Å². The number of hydrogen-bond acceptors (Lipinski definition) is 4. The van der Waals surface area contributed by atoms with Crippen LogP contribution in [0.4, 0.5) is 5.69 Å². The molecule has 0 spiro atoms. The summed E-state index contributed by atoms with van der Waals surface area (Å²) < 4.78 is 5.32. The number of benzene rings is 1. The normalized spacial score (nSPS) is 23.1. The molecule has 3 rings (SSSR count). The Morgan fingerprint density at radius 1 is 1.44 bits per heavy atom. The summed E-state index contributed by atoms with van der Waals surface area (Å²) >= 11 is 6.05. The highest BCUT2D eigenvalue weighted by molar-refractivity contribution is 6.31. The van der Waals surface area contributed by atoms with Crippen LogP contribution in [0.1, 0.15) is 19.3 Å². The van der Waals surface area contributed by atoms with E-state index in [0.717, 1.165) is 25.9 Å². The minimum atomic E-state index is -0.344. The maximum Gasteiger partial charge on any atom is 0.227 e. The number of rotatable bonds is 4. The molecular formula is C17H23Cl2N3O3. The number of methoxy groups -OCH3 is 1. The number of nitrogens with one attached hydrogen (secondary N) is 2. The predicted octanol–water partition coefficient (Wildman–Crippen LogP) is 1.99. The molecule has 1 aromatic rings. The van der Waals surface area contributed by atoms with Crippen molar-refractivity contribution in [3.05, 3.63) is 23.2 Å². The molecule has 2 heterocycles. The molecule has 138 valence electrons. The van der Waals surface area contributed by atoms with Gasteiger partial charge in [0.25, 0.3) is 0 Å². The van der Waals surface area contributed by atoms with Gasteiger partial charge in [-0.25, -0.2) is 0 Å². The van der Waals surface area contributed by atoms with Gasteiger partial charge in [-0.15, -0.1) is 12.4 Å². The van der Waals surface area contributed by atoms with Crippen LogP contribution in [0.15, 0.2) is 18.2 Å². The fourth-order valence-electron chi connectivity index (χ4n) is 3.28. The second-order valence-electron chi connectivity index (χ2n) is 6.27. The number of nitrogens with zero attached hydrogens (tertiary/aromatic N) is 1. The van der Waals surface area contributed by atoms with Crippen molar-refractivity contribution in [2.75, 3.05) is 31.6 Å².